The van der Waals surface area contributed by atoms with E-state index in [0.29, 0.717) is 11.3 Å². The van der Waals surface area contributed by atoms with Gasteiger partial charge in [-0.2, -0.15) is 0 Å². The van der Waals surface area contributed by atoms with E-state index >= 15 is 0 Å². The summed E-state index contributed by atoms with van der Waals surface area (Å²) >= 11 is 0. The van der Waals surface area contributed by atoms with Crippen molar-refractivity contribution in [1.29, 1.82) is 0 Å². The smallest absolute Gasteiger partial charge is 0.268 e. The van der Waals surface area contributed by atoms with Crippen LogP contribution in [0.3, 0.4) is 0 Å². The fourth-order valence-electron chi connectivity index (χ4n) is 3.03. The topological polar surface area (TPSA) is 71.3 Å². The summed E-state index contributed by atoms with van der Waals surface area (Å²) in [6, 6.07) is 20.3. The van der Waals surface area contributed by atoms with E-state index < -0.39 is 0 Å². The highest BCUT2D eigenvalue weighted by Gasteiger charge is 2.19. The van der Waals surface area contributed by atoms with E-state index in [0.717, 1.165) is 17.5 Å². The lowest BCUT2D eigenvalue weighted by Crippen LogP contribution is -2.37. The van der Waals surface area contributed by atoms with Gasteiger partial charge in [0.2, 0.25) is 0 Å². The van der Waals surface area contributed by atoms with Gasteiger partial charge in [0, 0.05) is 11.6 Å². The van der Waals surface area contributed by atoms with Crippen molar-refractivity contribution in [1.82, 2.24) is 10.6 Å². The van der Waals surface area contributed by atoms with Gasteiger partial charge in [0.05, 0.1) is 12.3 Å². The van der Waals surface area contributed by atoms with Gasteiger partial charge in [-0.25, -0.2) is 0 Å². The second-order valence-electron chi connectivity index (χ2n) is 6.69. The summed E-state index contributed by atoms with van der Waals surface area (Å²) in [5.74, 6) is -0.240. The van der Waals surface area contributed by atoms with Crippen molar-refractivity contribution in [3.63, 3.8) is 0 Å². The van der Waals surface area contributed by atoms with Gasteiger partial charge in [-0.1, -0.05) is 55.5 Å². The van der Waals surface area contributed by atoms with Crippen molar-refractivity contribution in [3.05, 3.63) is 101 Å². The van der Waals surface area contributed by atoms with E-state index in [9.17, 15) is 9.59 Å². The number of benzene rings is 2. The number of amides is 2. The largest absolute Gasteiger partial charge is 0.465 e. The molecule has 5 heteroatoms. The molecule has 0 spiro atoms. The molecule has 0 fully saturated rings. The normalized spacial score (nSPS) is 12.3. The average molecular weight is 388 g/mol. The summed E-state index contributed by atoms with van der Waals surface area (Å²) in [4.78, 5) is 25.8. The number of nitrogens with one attached hydrogen (secondary N) is 2. The Labute approximate surface area is 170 Å². The standard InChI is InChI=1S/C24H24N2O3/c1-3-21(18-11-5-4-6-12-18)25-24(28)22(16-19-13-9-15-29-19)26-23(27)20-14-8-7-10-17(20)2/h4-16,21H,3H2,1-2H3,(H,25,28)(H,26,27)/b22-16-. The molecule has 5 nitrogen and oxygen atoms in total. The zero-order chi connectivity index (χ0) is 20.6. The molecule has 1 atom stereocenters. The second-order valence-corrected chi connectivity index (χ2v) is 6.69. The van der Waals surface area contributed by atoms with E-state index in [1.165, 1.54) is 12.3 Å². The maximum atomic E-state index is 13.0. The molecular formula is C24H24N2O3. The van der Waals surface area contributed by atoms with Gasteiger partial charge in [0.25, 0.3) is 11.8 Å². The molecule has 29 heavy (non-hydrogen) atoms. The first kappa shape index (κ1) is 20.1. The van der Waals surface area contributed by atoms with Crippen molar-refractivity contribution in [2.45, 2.75) is 26.3 Å². The number of rotatable bonds is 7. The minimum atomic E-state index is -0.376. The zero-order valence-corrected chi connectivity index (χ0v) is 16.5. The van der Waals surface area contributed by atoms with Gasteiger partial charge in [0.1, 0.15) is 11.5 Å². The predicted octanol–water partition coefficient (Wildman–Crippen LogP) is 4.63. The lowest BCUT2D eigenvalue weighted by Gasteiger charge is -2.19. The highest BCUT2D eigenvalue weighted by Crippen LogP contribution is 2.17. The van der Waals surface area contributed by atoms with Crippen molar-refractivity contribution < 1.29 is 14.0 Å². The highest BCUT2D eigenvalue weighted by atomic mass is 16.3. The first-order chi connectivity index (χ1) is 14.1. The van der Waals surface area contributed by atoms with Crippen molar-refractivity contribution in [2.75, 3.05) is 0 Å². The highest BCUT2D eigenvalue weighted by molar-refractivity contribution is 6.05. The van der Waals surface area contributed by atoms with E-state index in [4.69, 9.17) is 4.42 Å². The molecular weight excluding hydrogens is 364 g/mol. The summed E-state index contributed by atoms with van der Waals surface area (Å²) < 4.78 is 5.33. The van der Waals surface area contributed by atoms with Gasteiger partial charge in [-0.15, -0.1) is 0 Å². The number of hydrogen-bond donors (Lipinski definition) is 2. The fourth-order valence-corrected chi connectivity index (χ4v) is 3.03. The van der Waals surface area contributed by atoms with Crippen molar-refractivity contribution in [2.24, 2.45) is 0 Å². The van der Waals surface area contributed by atoms with Gasteiger partial charge in [-0.3, -0.25) is 9.59 Å². The number of furan rings is 1. The first-order valence-corrected chi connectivity index (χ1v) is 9.56. The van der Waals surface area contributed by atoms with Crippen LogP contribution in [-0.4, -0.2) is 11.8 Å². The van der Waals surface area contributed by atoms with E-state index in [1.807, 2.05) is 56.3 Å². The summed E-state index contributed by atoms with van der Waals surface area (Å²) in [7, 11) is 0. The van der Waals surface area contributed by atoms with Crippen LogP contribution in [0.4, 0.5) is 0 Å². The van der Waals surface area contributed by atoms with Gasteiger partial charge < -0.3 is 15.1 Å². The third-order valence-corrected chi connectivity index (χ3v) is 4.63. The molecule has 0 radical (unpaired) electrons. The lowest BCUT2D eigenvalue weighted by atomic mass is 10.0. The second kappa shape index (κ2) is 9.55. The molecule has 3 aromatic rings. The molecule has 2 aromatic carbocycles. The van der Waals surface area contributed by atoms with E-state index in [1.54, 1.807) is 24.3 Å². The third-order valence-electron chi connectivity index (χ3n) is 4.63. The number of hydrogen-bond acceptors (Lipinski definition) is 3. The molecule has 2 N–H and O–H groups in total. The van der Waals surface area contributed by atoms with Crippen molar-refractivity contribution in [3.8, 4) is 0 Å². The molecule has 0 bridgehead atoms. The Morgan fingerprint density at radius 2 is 1.72 bits per heavy atom. The Hall–Kier alpha value is -3.60. The van der Waals surface area contributed by atoms with E-state index in [-0.39, 0.29) is 23.6 Å². The number of aryl methyl sites for hydroxylation is 1. The Morgan fingerprint density at radius 3 is 2.38 bits per heavy atom. The van der Waals surface area contributed by atoms with Crippen LogP contribution in [0.5, 0.6) is 0 Å². The number of carbonyl (C=O) groups is 2. The summed E-state index contributed by atoms with van der Waals surface area (Å²) in [6.07, 6.45) is 3.77. The van der Waals surface area contributed by atoms with Crippen LogP contribution >= 0.6 is 0 Å². The Bertz CT molecular complexity index is 992. The van der Waals surface area contributed by atoms with Crippen LogP contribution in [0.2, 0.25) is 0 Å². The van der Waals surface area contributed by atoms with Crippen molar-refractivity contribution >= 4 is 17.9 Å². The van der Waals surface area contributed by atoms with Crippen LogP contribution in [0.15, 0.2) is 83.1 Å². The fraction of sp³-hybridized carbons (Fsp3) is 0.167. The van der Waals surface area contributed by atoms with Crippen LogP contribution in [0, 0.1) is 6.92 Å². The minimum Gasteiger partial charge on any atom is -0.465 e. The molecule has 3 rings (SSSR count). The molecule has 0 aliphatic carbocycles. The summed E-state index contributed by atoms with van der Waals surface area (Å²) in [5, 5.41) is 5.75. The molecule has 0 saturated carbocycles. The Kier molecular flexibility index (Phi) is 6.63. The molecule has 0 aliphatic heterocycles. The van der Waals surface area contributed by atoms with Crippen LogP contribution in [0.1, 0.15) is 46.6 Å². The molecule has 1 aromatic heterocycles. The maximum Gasteiger partial charge on any atom is 0.268 e. The monoisotopic (exact) mass is 388 g/mol. The quantitative estimate of drug-likeness (QED) is 0.580. The molecule has 1 heterocycles. The van der Waals surface area contributed by atoms with Gasteiger partial charge >= 0.3 is 0 Å². The van der Waals surface area contributed by atoms with Crippen LogP contribution < -0.4 is 10.6 Å². The Morgan fingerprint density at radius 1 is 1.00 bits per heavy atom. The number of carbonyl (C=O) groups excluding carboxylic acids is 2. The maximum absolute atomic E-state index is 13.0. The molecule has 0 saturated heterocycles. The summed E-state index contributed by atoms with van der Waals surface area (Å²) in [5.41, 5.74) is 2.48. The van der Waals surface area contributed by atoms with Crippen LogP contribution in [-0.2, 0) is 4.79 Å². The predicted molar refractivity (Wildman–Crippen MR) is 113 cm³/mol. The molecule has 0 aliphatic rings. The SMILES string of the molecule is CCC(NC(=O)/C(=C/c1ccco1)NC(=O)c1ccccc1C)c1ccccc1. The first-order valence-electron chi connectivity index (χ1n) is 9.56. The molecule has 148 valence electrons. The van der Waals surface area contributed by atoms with Gasteiger partial charge in [-0.05, 0) is 42.7 Å². The van der Waals surface area contributed by atoms with Crippen LogP contribution in [0.25, 0.3) is 6.08 Å². The average Bonchev–Trinajstić information content (AvgIpc) is 3.25. The van der Waals surface area contributed by atoms with Gasteiger partial charge in [0.15, 0.2) is 0 Å². The lowest BCUT2D eigenvalue weighted by molar-refractivity contribution is -0.118. The summed E-state index contributed by atoms with van der Waals surface area (Å²) in [6.45, 7) is 3.85. The minimum absolute atomic E-state index is 0.127. The molecule has 2 amide bonds. The third kappa shape index (κ3) is 5.23. The molecule has 1 unspecified atom stereocenters. The zero-order valence-electron chi connectivity index (χ0n) is 16.5. The van der Waals surface area contributed by atoms with E-state index in [2.05, 4.69) is 10.6 Å². The Balaban J connectivity index is 1.84.